The van der Waals surface area contributed by atoms with Gasteiger partial charge in [-0.1, -0.05) is 35.3 Å². The van der Waals surface area contributed by atoms with E-state index in [0.717, 1.165) is 0 Å². The van der Waals surface area contributed by atoms with E-state index in [1.54, 1.807) is 30.3 Å². The van der Waals surface area contributed by atoms with Gasteiger partial charge in [-0.05, 0) is 67.8 Å². The Kier molecular flexibility index (Phi) is 8.62. The first-order chi connectivity index (χ1) is 15.8. The second-order valence-corrected chi connectivity index (χ2v) is 11.3. The second-order valence-electron chi connectivity index (χ2n) is 8.27. The van der Waals surface area contributed by atoms with Crippen LogP contribution in [0.3, 0.4) is 0 Å². The van der Waals surface area contributed by atoms with Crippen LogP contribution in [0.25, 0.3) is 0 Å². The summed E-state index contributed by atoms with van der Waals surface area (Å²) in [5.74, 6) is -0.0952. The summed E-state index contributed by atoms with van der Waals surface area (Å²) in [5, 5.41) is 4.37. The van der Waals surface area contributed by atoms with Crippen LogP contribution in [-0.4, -0.2) is 26.0 Å². The number of ether oxygens (including phenoxy) is 1. The highest BCUT2D eigenvalue weighted by Gasteiger charge is 2.57. The van der Waals surface area contributed by atoms with Crippen molar-refractivity contribution in [1.82, 2.24) is 10.3 Å². The van der Waals surface area contributed by atoms with E-state index < -0.39 is 20.4 Å². The van der Waals surface area contributed by atoms with E-state index in [-0.39, 0.29) is 42.4 Å². The summed E-state index contributed by atoms with van der Waals surface area (Å²) in [7, 11) is -3.81. The molecule has 5 nitrogen and oxygen atoms in total. The molecule has 1 aliphatic heterocycles. The zero-order chi connectivity index (χ0) is 23.2. The number of rotatable bonds is 5. The van der Waals surface area contributed by atoms with Gasteiger partial charge >= 0.3 is 0 Å². The molecule has 0 bridgehead atoms. The molecule has 3 aromatic rings. The van der Waals surface area contributed by atoms with Crippen LogP contribution in [0, 0.1) is 5.82 Å². The number of nitrogens with one attached hydrogen (secondary N) is 1. The van der Waals surface area contributed by atoms with Crippen LogP contribution in [-0.2, 0) is 27.6 Å². The quantitative estimate of drug-likeness (QED) is 0.380. The van der Waals surface area contributed by atoms with Gasteiger partial charge in [-0.15, -0.1) is 24.8 Å². The summed E-state index contributed by atoms with van der Waals surface area (Å²) in [5.41, 5.74) is 2.04. The Morgan fingerprint density at radius 1 is 1.06 bits per heavy atom. The lowest BCUT2D eigenvalue weighted by atomic mass is 9.81. The number of fused-ring (bicyclic) bond motifs is 3. The Morgan fingerprint density at radius 3 is 2.43 bits per heavy atom. The molecular formula is C24H23Cl4FN2O3S. The van der Waals surface area contributed by atoms with Crippen molar-refractivity contribution in [1.29, 1.82) is 0 Å². The molecule has 0 saturated carbocycles. The van der Waals surface area contributed by atoms with Crippen molar-refractivity contribution in [2.24, 2.45) is 0 Å². The van der Waals surface area contributed by atoms with Crippen LogP contribution in [0.1, 0.15) is 29.7 Å². The molecule has 2 aliphatic rings. The molecule has 2 aromatic carbocycles. The fraction of sp³-hybridized carbons (Fsp3) is 0.292. The molecule has 2 atom stereocenters. The highest BCUT2D eigenvalue weighted by Crippen LogP contribution is 2.49. The smallest absolute Gasteiger partial charge is 0.213 e. The van der Waals surface area contributed by atoms with Gasteiger partial charge in [-0.2, -0.15) is 0 Å². The number of aromatic nitrogens is 1. The van der Waals surface area contributed by atoms with E-state index in [0.29, 0.717) is 58.6 Å². The minimum atomic E-state index is -3.81. The Labute approximate surface area is 226 Å². The monoisotopic (exact) mass is 578 g/mol. The number of hydrogen-bond acceptors (Lipinski definition) is 5. The number of benzene rings is 2. The van der Waals surface area contributed by atoms with Gasteiger partial charge in [0.25, 0.3) is 0 Å². The van der Waals surface area contributed by atoms with Gasteiger partial charge in [0.2, 0.25) is 5.88 Å². The number of hydrogen-bond donors (Lipinski definition) is 1. The first-order valence-electron chi connectivity index (χ1n) is 10.6. The summed E-state index contributed by atoms with van der Waals surface area (Å²) < 4.78 is 45.9. The lowest BCUT2D eigenvalue weighted by Gasteiger charge is -2.39. The SMILES string of the molecule is Cl.Cl.O=S(=O)(c1ccc(F)cc1)C12CCNC1CCc1nc(OCc3c(Cl)cccc3Cl)ccc12. The van der Waals surface area contributed by atoms with Gasteiger partial charge in [0.1, 0.15) is 17.2 Å². The lowest BCUT2D eigenvalue weighted by molar-refractivity contribution is 0.291. The molecule has 0 amide bonds. The average molecular weight is 580 g/mol. The van der Waals surface area contributed by atoms with Crippen molar-refractivity contribution in [2.45, 2.75) is 41.6 Å². The van der Waals surface area contributed by atoms with E-state index in [9.17, 15) is 12.8 Å². The predicted molar refractivity (Wildman–Crippen MR) is 140 cm³/mol. The van der Waals surface area contributed by atoms with Gasteiger partial charge < -0.3 is 10.1 Å². The fourth-order valence-corrected chi connectivity index (χ4v) is 7.80. The molecule has 1 N–H and O–H groups in total. The van der Waals surface area contributed by atoms with Crippen molar-refractivity contribution in [2.75, 3.05) is 6.54 Å². The number of sulfone groups is 1. The third-order valence-corrected chi connectivity index (χ3v) is 9.82. The molecule has 2 unspecified atom stereocenters. The first kappa shape index (κ1) is 28.0. The molecule has 35 heavy (non-hydrogen) atoms. The minimum absolute atomic E-state index is 0. The molecule has 1 fully saturated rings. The van der Waals surface area contributed by atoms with Crippen LogP contribution in [0.2, 0.25) is 10.0 Å². The van der Waals surface area contributed by atoms with E-state index in [2.05, 4.69) is 10.3 Å². The molecule has 1 aliphatic carbocycles. The molecule has 11 heteroatoms. The minimum Gasteiger partial charge on any atom is -0.473 e. The molecule has 0 radical (unpaired) electrons. The van der Waals surface area contributed by atoms with Crippen molar-refractivity contribution in [3.05, 3.63) is 87.3 Å². The fourth-order valence-electron chi connectivity index (χ4n) is 4.95. The third-order valence-electron chi connectivity index (χ3n) is 6.55. The van der Waals surface area contributed by atoms with Crippen LogP contribution in [0.15, 0.2) is 59.5 Å². The predicted octanol–water partition coefficient (Wildman–Crippen LogP) is 5.93. The standard InChI is InChI=1S/C24H21Cl2FN2O3S.2ClH/c25-19-2-1-3-20(26)17(19)14-32-23-11-8-18-21(29-23)9-10-22-24(18,12-13-28-22)33(30,31)16-6-4-15(27)5-7-16;;/h1-8,11,22,28H,9-10,12-14H2;2*1H. The average Bonchev–Trinajstić information content (AvgIpc) is 3.25. The molecule has 1 saturated heterocycles. The van der Waals surface area contributed by atoms with Crippen LogP contribution in [0.5, 0.6) is 5.88 Å². The number of pyridine rings is 1. The van der Waals surface area contributed by atoms with Crippen molar-refractivity contribution in [3.63, 3.8) is 0 Å². The van der Waals surface area contributed by atoms with E-state index >= 15 is 0 Å². The van der Waals surface area contributed by atoms with Crippen LogP contribution >= 0.6 is 48.0 Å². The molecule has 5 rings (SSSR count). The maximum atomic E-state index is 13.9. The van der Waals surface area contributed by atoms with Crippen molar-refractivity contribution >= 4 is 57.9 Å². The normalized spacial score (nSPS) is 20.7. The van der Waals surface area contributed by atoms with Crippen LogP contribution in [0.4, 0.5) is 4.39 Å². The number of aryl methyl sites for hydroxylation is 1. The zero-order valence-electron chi connectivity index (χ0n) is 18.3. The van der Waals surface area contributed by atoms with Gasteiger partial charge in [0, 0.05) is 33.4 Å². The summed E-state index contributed by atoms with van der Waals surface area (Å²) in [4.78, 5) is 4.76. The Hall–Kier alpha value is -1.61. The molecular weight excluding hydrogens is 557 g/mol. The molecule has 2 heterocycles. The van der Waals surface area contributed by atoms with Crippen LogP contribution < -0.4 is 10.1 Å². The topological polar surface area (TPSA) is 68.3 Å². The van der Waals surface area contributed by atoms with Gasteiger partial charge in [0.05, 0.1) is 4.90 Å². The molecule has 188 valence electrons. The Balaban J connectivity index is 0.00000171. The van der Waals surface area contributed by atoms with Gasteiger partial charge in [0.15, 0.2) is 9.84 Å². The van der Waals surface area contributed by atoms with E-state index in [1.807, 2.05) is 0 Å². The highest BCUT2D eigenvalue weighted by atomic mass is 35.5. The summed E-state index contributed by atoms with van der Waals surface area (Å²) in [6, 6.07) is 13.5. The largest absolute Gasteiger partial charge is 0.473 e. The Morgan fingerprint density at radius 2 is 1.74 bits per heavy atom. The van der Waals surface area contributed by atoms with Crippen molar-refractivity contribution in [3.8, 4) is 5.88 Å². The second kappa shape index (κ2) is 10.8. The summed E-state index contributed by atoms with van der Waals surface area (Å²) >= 11 is 12.5. The summed E-state index contributed by atoms with van der Waals surface area (Å²) in [6.07, 6.45) is 1.67. The molecule has 1 aromatic heterocycles. The van der Waals surface area contributed by atoms with Crippen molar-refractivity contribution < 1.29 is 17.5 Å². The maximum Gasteiger partial charge on any atom is 0.213 e. The number of halogens is 5. The number of nitrogens with zero attached hydrogens (tertiary/aromatic N) is 1. The molecule has 0 spiro atoms. The highest BCUT2D eigenvalue weighted by molar-refractivity contribution is 7.92. The lowest BCUT2D eigenvalue weighted by Crippen LogP contribution is -2.49. The van der Waals surface area contributed by atoms with E-state index in [4.69, 9.17) is 27.9 Å². The maximum absolute atomic E-state index is 13.9. The van der Waals surface area contributed by atoms with E-state index in [1.165, 1.54) is 24.3 Å². The zero-order valence-corrected chi connectivity index (χ0v) is 22.3. The first-order valence-corrected chi connectivity index (χ1v) is 12.9. The van der Waals surface area contributed by atoms with Gasteiger partial charge in [-0.3, -0.25) is 0 Å². The summed E-state index contributed by atoms with van der Waals surface area (Å²) in [6.45, 7) is 0.723. The Bertz CT molecular complexity index is 1300. The van der Waals surface area contributed by atoms with Gasteiger partial charge in [-0.25, -0.2) is 17.8 Å². The third kappa shape index (κ3) is 4.75.